The molecule has 11 aromatic carbocycles. The highest BCUT2D eigenvalue weighted by atomic mass is 15.1. The highest BCUT2D eigenvalue weighted by Crippen LogP contribution is 2.52. The van der Waals surface area contributed by atoms with E-state index in [1.165, 1.54) is 66.4 Å². The highest BCUT2D eigenvalue weighted by Gasteiger charge is 2.36. The Labute approximate surface area is 405 Å². The van der Waals surface area contributed by atoms with Crippen LogP contribution < -0.4 is 9.80 Å². The van der Waals surface area contributed by atoms with Crippen LogP contribution in [0.25, 0.3) is 66.4 Å². The minimum atomic E-state index is -0.156. The number of rotatable bonds is 10. The lowest BCUT2D eigenvalue weighted by Crippen LogP contribution is -2.16. The van der Waals surface area contributed by atoms with E-state index in [-0.39, 0.29) is 5.41 Å². The third-order valence-electron chi connectivity index (χ3n) is 14.1. The number of benzene rings is 11. The monoisotopic (exact) mass is 882 g/mol. The molecule has 0 aliphatic heterocycles. The van der Waals surface area contributed by atoms with Crippen LogP contribution in [0.2, 0.25) is 0 Å². The third kappa shape index (κ3) is 7.86. The van der Waals surface area contributed by atoms with E-state index in [0.29, 0.717) is 0 Å². The van der Waals surface area contributed by atoms with Crippen LogP contribution in [-0.4, -0.2) is 0 Å². The van der Waals surface area contributed by atoms with Gasteiger partial charge in [0.1, 0.15) is 0 Å². The lowest BCUT2D eigenvalue weighted by Gasteiger charge is -2.28. The summed E-state index contributed by atoms with van der Waals surface area (Å²) in [5.41, 5.74) is 21.4. The summed E-state index contributed by atoms with van der Waals surface area (Å²) in [5, 5.41) is 2.56. The van der Waals surface area contributed by atoms with Crippen LogP contribution in [-0.2, 0) is 5.41 Å². The quantitative estimate of drug-likeness (QED) is 0.135. The number of fused-ring (bicyclic) bond motifs is 4. The molecule has 0 saturated carbocycles. The number of hydrogen-bond acceptors (Lipinski definition) is 2. The number of anilines is 6. The normalized spacial score (nSPS) is 12.3. The van der Waals surface area contributed by atoms with Crippen molar-refractivity contribution in [2.24, 2.45) is 0 Å². The predicted molar refractivity (Wildman–Crippen MR) is 293 cm³/mol. The van der Waals surface area contributed by atoms with Crippen LogP contribution in [0.5, 0.6) is 0 Å². The Hall–Kier alpha value is -8.72. The molecule has 0 atom stereocenters. The summed E-state index contributed by atoms with van der Waals surface area (Å²) in [6, 6.07) is 97.1. The molecule has 69 heavy (non-hydrogen) atoms. The zero-order valence-electron chi connectivity index (χ0n) is 38.8. The van der Waals surface area contributed by atoms with Crippen LogP contribution in [0, 0.1) is 0 Å². The summed E-state index contributed by atoms with van der Waals surface area (Å²) in [7, 11) is 0. The van der Waals surface area contributed by atoms with E-state index in [4.69, 9.17) is 0 Å². The SMILES string of the molecule is CC1(C)c2cc(N(c3ccc(-c4ccccc4)cc3)c3ccc(-c4ccc(N(c5ccc(-c6ccccc6)cc5)c5ccc(-c6ccccc6)cc5)cc4)cc3)ccc2-c2cc3ccccc3cc21. The summed E-state index contributed by atoms with van der Waals surface area (Å²) >= 11 is 0. The van der Waals surface area contributed by atoms with Gasteiger partial charge in [0, 0.05) is 39.5 Å². The van der Waals surface area contributed by atoms with Crippen LogP contribution in [0.4, 0.5) is 34.1 Å². The molecule has 2 nitrogen and oxygen atoms in total. The molecule has 0 amide bonds. The summed E-state index contributed by atoms with van der Waals surface area (Å²) in [6.07, 6.45) is 0. The molecule has 0 fully saturated rings. The largest absolute Gasteiger partial charge is 0.311 e. The van der Waals surface area contributed by atoms with Gasteiger partial charge in [-0.25, -0.2) is 0 Å². The molecule has 0 N–H and O–H groups in total. The van der Waals surface area contributed by atoms with Gasteiger partial charge in [0.25, 0.3) is 0 Å². The van der Waals surface area contributed by atoms with Crippen molar-refractivity contribution in [2.45, 2.75) is 19.3 Å². The Morgan fingerprint density at radius 1 is 0.232 bits per heavy atom. The molecule has 0 unspecified atom stereocenters. The van der Waals surface area contributed by atoms with Gasteiger partial charge < -0.3 is 9.80 Å². The van der Waals surface area contributed by atoms with Crippen molar-refractivity contribution in [1.29, 1.82) is 0 Å². The maximum Gasteiger partial charge on any atom is 0.0465 e. The molecule has 0 heterocycles. The second-order valence-electron chi connectivity index (χ2n) is 18.6. The summed E-state index contributed by atoms with van der Waals surface area (Å²) in [5.74, 6) is 0. The topological polar surface area (TPSA) is 6.48 Å². The van der Waals surface area contributed by atoms with E-state index < -0.39 is 0 Å². The minimum absolute atomic E-state index is 0.156. The van der Waals surface area contributed by atoms with Crippen molar-refractivity contribution in [1.82, 2.24) is 0 Å². The molecule has 0 spiro atoms. The van der Waals surface area contributed by atoms with Gasteiger partial charge in [-0.1, -0.05) is 196 Å². The van der Waals surface area contributed by atoms with Gasteiger partial charge in [-0.2, -0.15) is 0 Å². The fourth-order valence-electron chi connectivity index (χ4n) is 10.3. The minimum Gasteiger partial charge on any atom is -0.311 e. The van der Waals surface area contributed by atoms with Crippen LogP contribution in [0.3, 0.4) is 0 Å². The number of nitrogens with zero attached hydrogens (tertiary/aromatic N) is 2. The Morgan fingerprint density at radius 2 is 0.507 bits per heavy atom. The molecule has 1 aliphatic carbocycles. The molecule has 11 aromatic rings. The molecule has 1 aliphatic rings. The van der Waals surface area contributed by atoms with Gasteiger partial charge in [0.05, 0.1) is 0 Å². The van der Waals surface area contributed by atoms with Crippen molar-refractivity contribution < 1.29 is 0 Å². The van der Waals surface area contributed by atoms with E-state index in [0.717, 1.165) is 45.3 Å². The van der Waals surface area contributed by atoms with Crippen molar-refractivity contribution in [3.63, 3.8) is 0 Å². The van der Waals surface area contributed by atoms with Crippen LogP contribution in [0.1, 0.15) is 25.0 Å². The molecule has 0 bridgehead atoms. The lowest BCUT2D eigenvalue weighted by molar-refractivity contribution is 0.661. The standard InChI is InChI=1S/C67H50N2/c1-67(2)65-45-56-21-13-12-20-55(56)44-64(65)63-43-42-62(46-66(63)67)69(60-38-26-52(27-39-60)49-18-10-5-11-19-49)61-40-30-54(31-41-61)53-28-36-59(37-29-53)68(57-32-22-50(23-33-57)47-14-6-3-7-15-47)58-34-24-51(25-35-58)48-16-8-4-9-17-48/h3-46H,1-2H3. The molecule has 12 rings (SSSR count). The van der Waals surface area contributed by atoms with Crippen molar-refractivity contribution >= 4 is 44.9 Å². The van der Waals surface area contributed by atoms with E-state index in [1.54, 1.807) is 0 Å². The van der Waals surface area contributed by atoms with Crippen LogP contribution in [0.15, 0.2) is 267 Å². The van der Waals surface area contributed by atoms with Gasteiger partial charge in [-0.15, -0.1) is 0 Å². The fourth-order valence-corrected chi connectivity index (χ4v) is 10.3. The van der Waals surface area contributed by atoms with E-state index in [1.807, 2.05) is 0 Å². The van der Waals surface area contributed by atoms with Gasteiger partial charge in [-0.3, -0.25) is 0 Å². The first kappa shape index (κ1) is 41.7. The van der Waals surface area contributed by atoms with Crippen LogP contribution >= 0.6 is 0 Å². The Morgan fingerprint density at radius 3 is 0.870 bits per heavy atom. The average molecular weight is 883 g/mol. The molecular weight excluding hydrogens is 833 g/mol. The smallest absolute Gasteiger partial charge is 0.0465 e. The van der Waals surface area contributed by atoms with Gasteiger partial charge in [0.15, 0.2) is 0 Å². The van der Waals surface area contributed by atoms with E-state index >= 15 is 0 Å². The van der Waals surface area contributed by atoms with Gasteiger partial charge in [0.2, 0.25) is 0 Å². The first-order valence-corrected chi connectivity index (χ1v) is 23.9. The summed E-state index contributed by atoms with van der Waals surface area (Å²) in [4.78, 5) is 4.75. The van der Waals surface area contributed by atoms with Gasteiger partial charge >= 0.3 is 0 Å². The molecule has 2 heteroatoms. The van der Waals surface area contributed by atoms with E-state index in [9.17, 15) is 0 Å². The Balaban J connectivity index is 0.886. The number of hydrogen-bond donors (Lipinski definition) is 0. The summed E-state index contributed by atoms with van der Waals surface area (Å²) < 4.78 is 0. The average Bonchev–Trinajstić information content (AvgIpc) is 3.63. The zero-order valence-corrected chi connectivity index (χ0v) is 38.8. The molecule has 328 valence electrons. The lowest BCUT2D eigenvalue weighted by atomic mass is 9.81. The maximum atomic E-state index is 2.42. The zero-order chi connectivity index (χ0) is 46.3. The van der Waals surface area contributed by atoms with Gasteiger partial charge in [-0.05, 0) is 162 Å². The van der Waals surface area contributed by atoms with Crippen molar-refractivity contribution in [2.75, 3.05) is 9.80 Å². The first-order valence-electron chi connectivity index (χ1n) is 23.9. The Bertz CT molecular complexity index is 3480. The molecular formula is C67H50N2. The highest BCUT2D eigenvalue weighted by molar-refractivity contribution is 5.95. The second-order valence-corrected chi connectivity index (χ2v) is 18.6. The second kappa shape index (κ2) is 17.5. The maximum absolute atomic E-state index is 2.42. The molecule has 0 saturated heterocycles. The van der Waals surface area contributed by atoms with Crippen molar-refractivity contribution in [3.05, 3.63) is 278 Å². The third-order valence-corrected chi connectivity index (χ3v) is 14.1. The molecule has 0 aromatic heterocycles. The predicted octanol–water partition coefficient (Wildman–Crippen LogP) is 18.8. The Kier molecular flexibility index (Phi) is 10.6. The van der Waals surface area contributed by atoms with E-state index in [2.05, 4.69) is 291 Å². The van der Waals surface area contributed by atoms with Crippen molar-refractivity contribution in [3.8, 4) is 55.6 Å². The first-order chi connectivity index (χ1) is 33.9. The molecule has 0 radical (unpaired) electrons. The summed E-state index contributed by atoms with van der Waals surface area (Å²) in [6.45, 7) is 4.75. The fraction of sp³-hybridized carbons (Fsp3) is 0.0448.